The van der Waals surface area contributed by atoms with Crippen LogP contribution in [0.2, 0.25) is 0 Å². The first-order valence-corrected chi connectivity index (χ1v) is 10.7. The summed E-state index contributed by atoms with van der Waals surface area (Å²) in [6.45, 7) is 3.40. The normalized spacial score (nSPS) is 23.4. The van der Waals surface area contributed by atoms with Gasteiger partial charge in [0.2, 0.25) is 0 Å². The van der Waals surface area contributed by atoms with Gasteiger partial charge in [0.1, 0.15) is 0 Å². The van der Waals surface area contributed by atoms with E-state index in [1.807, 2.05) is 11.4 Å². The highest BCUT2D eigenvalue weighted by Gasteiger charge is 2.37. The molecule has 0 bridgehead atoms. The van der Waals surface area contributed by atoms with Crippen LogP contribution in [0.5, 0.6) is 0 Å². The Hall–Kier alpha value is -1.97. The number of fused-ring (bicyclic) bond motifs is 1. The highest BCUT2D eigenvalue weighted by molar-refractivity contribution is 7.13. The number of halogens is 3. The van der Waals surface area contributed by atoms with E-state index in [2.05, 4.69) is 15.0 Å². The summed E-state index contributed by atoms with van der Waals surface area (Å²) in [4.78, 5) is 7.54. The summed E-state index contributed by atoms with van der Waals surface area (Å²) in [5, 5.41) is 6.21. The van der Waals surface area contributed by atoms with Gasteiger partial charge in [0, 0.05) is 19.2 Å². The molecule has 3 aromatic heterocycles. The zero-order valence-corrected chi connectivity index (χ0v) is 16.5. The highest BCUT2D eigenvalue weighted by Crippen LogP contribution is 2.36. The van der Waals surface area contributed by atoms with E-state index in [4.69, 9.17) is 4.74 Å². The second-order valence-electron chi connectivity index (χ2n) is 7.72. The molecule has 2 aliphatic heterocycles. The van der Waals surface area contributed by atoms with Crippen LogP contribution >= 0.6 is 11.3 Å². The number of alkyl halides is 3. The number of ether oxygens (including phenoxy) is 1. The van der Waals surface area contributed by atoms with Crippen molar-refractivity contribution >= 4 is 17.0 Å². The van der Waals surface area contributed by atoms with Crippen molar-refractivity contribution in [3.05, 3.63) is 41.0 Å². The molecule has 29 heavy (non-hydrogen) atoms. The lowest BCUT2D eigenvalue weighted by molar-refractivity contribution is -0.142. The number of hydrogen-bond acceptors (Lipinski definition) is 5. The molecular weight excluding hydrogens is 401 g/mol. The Morgan fingerprint density at radius 3 is 2.86 bits per heavy atom. The van der Waals surface area contributed by atoms with Gasteiger partial charge in [-0.3, -0.25) is 4.90 Å². The van der Waals surface area contributed by atoms with Crippen molar-refractivity contribution in [2.24, 2.45) is 5.92 Å². The molecule has 0 aliphatic carbocycles. The van der Waals surface area contributed by atoms with Gasteiger partial charge in [0.15, 0.2) is 11.3 Å². The van der Waals surface area contributed by atoms with Gasteiger partial charge >= 0.3 is 6.18 Å². The molecule has 0 N–H and O–H groups in total. The van der Waals surface area contributed by atoms with Crippen molar-refractivity contribution in [3.63, 3.8) is 0 Å². The summed E-state index contributed by atoms with van der Waals surface area (Å²) in [6, 6.07) is 6.44. The average Bonchev–Trinajstić information content (AvgIpc) is 3.46. The Morgan fingerprint density at radius 1 is 1.24 bits per heavy atom. The number of aromatic nitrogens is 3. The maximum atomic E-state index is 13.8. The van der Waals surface area contributed by atoms with Crippen LogP contribution in [-0.4, -0.2) is 45.8 Å². The Bertz CT molecular complexity index is 995. The zero-order chi connectivity index (χ0) is 20.0. The minimum atomic E-state index is -4.51. The van der Waals surface area contributed by atoms with Crippen molar-refractivity contribution in [1.82, 2.24) is 19.5 Å². The van der Waals surface area contributed by atoms with E-state index in [0.717, 1.165) is 56.1 Å². The predicted octanol–water partition coefficient (Wildman–Crippen LogP) is 4.65. The molecular formula is C20H21F3N4OS. The molecule has 5 nitrogen and oxygen atoms in total. The molecule has 0 amide bonds. The minimum Gasteiger partial charge on any atom is -0.381 e. The van der Waals surface area contributed by atoms with Crippen LogP contribution in [-0.2, 0) is 10.9 Å². The van der Waals surface area contributed by atoms with Crippen molar-refractivity contribution < 1.29 is 17.9 Å². The van der Waals surface area contributed by atoms with Gasteiger partial charge in [-0.1, -0.05) is 6.07 Å². The molecule has 2 aliphatic rings. The van der Waals surface area contributed by atoms with Crippen LogP contribution in [0, 0.1) is 5.92 Å². The van der Waals surface area contributed by atoms with E-state index < -0.39 is 11.9 Å². The predicted molar refractivity (Wildman–Crippen MR) is 104 cm³/mol. The first kappa shape index (κ1) is 19.0. The van der Waals surface area contributed by atoms with Gasteiger partial charge in [-0.2, -0.15) is 18.3 Å². The molecule has 5 rings (SSSR count). The minimum absolute atomic E-state index is 0.0311. The Balaban J connectivity index is 1.53. The molecule has 5 heterocycles. The molecule has 2 unspecified atom stereocenters. The zero-order valence-electron chi connectivity index (χ0n) is 15.7. The number of thiophene rings is 1. The number of likely N-dealkylation sites (tertiary alicyclic amines) is 1. The van der Waals surface area contributed by atoms with Crippen LogP contribution in [0.4, 0.5) is 13.2 Å². The first-order valence-electron chi connectivity index (χ1n) is 9.82. The molecule has 2 atom stereocenters. The fourth-order valence-corrected chi connectivity index (χ4v) is 5.03. The second kappa shape index (κ2) is 7.37. The van der Waals surface area contributed by atoms with Crippen LogP contribution in [0.3, 0.4) is 0 Å². The lowest BCUT2D eigenvalue weighted by atomic mass is 10.1. The van der Waals surface area contributed by atoms with Crippen molar-refractivity contribution in [1.29, 1.82) is 0 Å². The number of hydrogen-bond donors (Lipinski definition) is 0. The van der Waals surface area contributed by atoms with Gasteiger partial charge in [0.05, 0.1) is 28.9 Å². The molecule has 0 aromatic carbocycles. The van der Waals surface area contributed by atoms with Crippen LogP contribution in [0.25, 0.3) is 16.2 Å². The second-order valence-corrected chi connectivity index (χ2v) is 8.67. The van der Waals surface area contributed by atoms with Crippen molar-refractivity contribution in [2.75, 3.05) is 26.3 Å². The van der Waals surface area contributed by atoms with Gasteiger partial charge in [0.25, 0.3) is 0 Å². The summed E-state index contributed by atoms with van der Waals surface area (Å²) in [5.41, 5.74) is 0.459. The maximum Gasteiger partial charge on any atom is 0.433 e. The number of rotatable bonds is 4. The van der Waals surface area contributed by atoms with Crippen LogP contribution < -0.4 is 0 Å². The first-order chi connectivity index (χ1) is 14.0. The summed E-state index contributed by atoms with van der Waals surface area (Å²) < 4.78 is 47.7. The topological polar surface area (TPSA) is 42.7 Å². The summed E-state index contributed by atoms with van der Waals surface area (Å²) >= 11 is 1.37. The highest BCUT2D eigenvalue weighted by atomic mass is 32.1. The molecule has 2 fully saturated rings. The van der Waals surface area contributed by atoms with E-state index in [-0.39, 0.29) is 11.7 Å². The third-order valence-corrected chi connectivity index (χ3v) is 6.62. The number of nitrogens with zero attached hydrogens (tertiary/aromatic N) is 4. The summed E-state index contributed by atoms with van der Waals surface area (Å²) in [7, 11) is 0. The lowest BCUT2D eigenvalue weighted by Gasteiger charge is -2.25. The third-order valence-electron chi connectivity index (χ3n) is 5.73. The molecule has 9 heteroatoms. The van der Waals surface area contributed by atoms with E-state index in [1.165, 1.54) is 11.3 Å². The summed E-state index contributed by atoms with van der Waals surface area (Å²) in [5.74, 6) is 0.488. The van der Waals surface area contributed by atoms with Crippen molar-refractivity contribution in [3.8, 4) is 10.6 Å². The standard InChI is InChI=1S/C20H21F3N4OS/c21-20(22,23)18-9-15(17-4-2-8-29-17)24-19-10-14(25-27(18)19)16-3-1-6-26(16)11-13-5-7-28-12-13/h2,4,8-10,13,16H,1,3,5-7,11-12H2. The fraction of sp³-hybridized carbons (Fsp3) is 0.500. The van der Waals surface area contributed by atoms with E-state index in [9.17, 15) is 13.2 Å². The summed E-state index contributed by atoms with van der Waals surface area (Å²) in [6.07, 6.45) is -1.55. The van der Waals surface area contributed by atoms with E-state index >= 15 is 0 Å². The molecule has 0 spiro atoms. The SMILES string of the molecule is FC(F)(F)c1cc(-c2cccs2)nc2cc(C3CCCN3CC3CCOC3)nn12. The van der Waals surface area contributed by atoms with Crippen molar-refractivity contribution in [2.45, 2.75) is 31.5 Å². The molecule has 0 radical (unpaired) electrons. The Labute approximate surface area is 170 Å². The van der Waals surface area contributed by atoms with Gasteiger partial charge in [-0.05, 0) is 49.2 Å². The molecule has 0 saturated carbocycles. The molecule has 3 aromatic rings. The third kappa shape index (κ3) is 3.67. The smallest absolute Gasteiger partial charge is 0.381 e. The average molecular weight is 422 g/mol. The molecule has 154 valence electrons. The van der Waals surface area contributed by atoms with E-state index in [1.54, 1.807) is 12.1 Å². The molecule has 2 saturated heterocycles. The van der Waals surface area contributed by atoms with Gasteiger partial charge in [-0.15, -0.1) is 11.3 Å². The monoisotopic (exact) mass is 422 g/mol. The maximum absolute atomic E-state index is 13.8. The Morgan fingerprint density at radius 2 is 2.14 bits per heavy atom. The fourth-order valence-electron chi connectivity index (χ4n) is 4.35. The quantitative estimate of drug-likeness (QED) is 0.614. The van der Waals surface area contributed by atoms with Gasteiger partial charge < -0.3 is 4.74 Å². The largest absolute Gasteiger partial charge is 0.433 e. The van der Waals surface area contributed by atoms with Gasteiger partial charge in [-0.25, -0.2) is 9.50 Å². The van der Waals surface area contributed by atoms with E-state index in [0.29, 0.717) is 22.2 Å². The van der Waals surface area contributed by atoms with Crippen LogP contribution in [0.1, 0.15) is 36.7 Å². The van der Waals surface area contributed by atoms with Crippen LogP contribution in [0.15, 0.2) is 29.6 Å². The Kier molecular flexibility index (Phi) is 4.84. The lowest BCUT2D eigenvalue weighted by Crippen LogP contribution is -2.29.